The first-order valence-corrected chi connectivity index (χ1v) is 41.7. The van der Waals surface area contributed by atoms with Gasteiger partial charge in [0.2, 0.25) is 43.1 Å². The fourth-order valence-electron chi connectivity index (χ4n) is 15.9. The van der Waals surface area contributed by atoms with Gasteiger partial charge in [0.25, 0.3) is 0 Å². The maximum absolute atomic E-state index is 13.3. The van der Waals surface area contributed by atoms with Gasteiger partial charge in [-0.25, -0.2) is 4.98 Å². The number of methoxy groups -OCH3 is 1. The summed E-state index contributed by atoms with van der Waals surface area (Å²) < 4.78 is 90.2. The molecule has 5 aliphatic rings. The van der Waals surface area contributed by atoms with E-state index in [-0.39, 0.29) is 61.4 Å². The fourth-order valence-corrected chi connectivity index (χ4v) is 15.9. The van der Waals surface area contributed by atoms with Crippen LogP contribution < -0.4 is 21.3 Å². The number of carbonyl (C=O) groups excluding carboxylic acids is 14. The van der Waals surface area contributed by atoms with E-state index in [9.17, 15) is 77.3 Å². The van der Waals surface area contributed by atoms with Crippen LogP contribution in [0.2, 0.25) is 0 Å². The molecule has 3 fully saturated rings. The first kappa shape index (κ1) is 96.6. The highest BCUT2D eigenvalue weighted by atomic mass is 16.8. The van der Waals surface area contributed by atoms with Gasteiger partial charge in [0.1, 0.15) is 30.5 Å². The molecule has 17 atom stereocenters. The van der Waals surface area contributed by atoms with Crippen LogP contribution in [0.1, 0.15) is 137 Å². The van der Waals surface area contributed by atoms with Crippen LogP contribution in [0.4, 0.5) is 22.7 Å². The monoisotopic (exact) mass is 1830 g/mol. The van der Waals surface area contributed by atoms with Crippen LogP contribution >= 0.6 is 0 Å². The number of esters is 13. The van der Waals surface area contributed by atoms with Crippen LogP contribution in [0.15, 0.2) is 121 Å². The van der Waals surface area contributed by atoms with E-state index in [1.54, 1.807) is 133 Å². The number of fused-ring (bicyclic) bond motifs is 8. The average molecular weight is 1830 g/mol. The minimum Gasteiger partial charge on any atom is -0.469 e. The molecule has 3 aromatic heterocycles. The summed E-state index contributed by atoms with van der Waals surface area (Å²) in [6.45, 7) is 12.4. The number of anilines is 4. The van der Waals surface area contributed by atoms with Crippen molar-refractivity contribution in [3.63, 3.8) is 0 Å². The Balaban J connectivity index is 1.03. The smallest absolute Gasteiger partial charge is 0.305 e. The van der Waals surface area contributed by atoms with E-state index in [0.29, 0.717) is 89.6 Å². The number of rotatable bonds is 30. The number of hydrogen-bond acceptors (Lipinski definition) is 37. The second kappa shape index (κ2) is 42.8. The van der Waals surface area contributed by atoms with Crippen molar-refractivity contribution >= 4 is 140 Å². The third kappa shape index (κ3) is 23.9. The highest BCUT2D eigenvalue weighted by Crippen LogP contribution is 2.46. The quantitative estimate of drug-likeness (QED) is 0.0154. The van der Waals surface area contributed by atoms with Crippen molar-refractivity contribution in [2.75, 3.05) is 48.0 Å². The Kier molecular flexibility index (Phi) is 31.3. The lowest BCUT2D eigenvalue weighted by molar-refractivity contribution is -0.293. The number of ether oxygens (including phenoxy) is 16. The number of nitrogens with one attached hydrogen (secondary N) is 6. The van der Waals surface area contributed by atoms with Gasteiger partial charge in [-0.2, -0.15) is 0 Å². The standard InChI is InChI=1S/C92H98N8O32/c1-42(101)118-81-68(130-90(127-51(10)110)87(124-48(7)107)84(81)121-45(4)104)39-93-58-25-17-54(18-26-58)73-62-33-34-63(97-62)74(55-19-27-59(28-20-55)94-40-69-82(119-43(2)102)85(122-46(5)105)88(125-49(8)108)91(131-69)128-52(11)111)65-36-38-67(99-65)76(57-23-31-61(32-24-57)96-71(113)15-14-16-72(114)117-13)78-80(116)79(115)77(100-78)75(66-37-35-64(73)98-66)56-21-29-60(30-22-56)95-41-70-83(120-44(3)103)86(123-47(6)106)89(126-50(9)109)92(132-70)129-53(12)112/h17-38,68-70,79-95,98-99,115-116H,14-16,39-41H2,1-13H3,(H,96,113)/t68-,69-,70-,79?,80?,81-,82-,83-,84+,85+,86+,87-,88-,89-,90-,91-,92-/m1/s1. The third-order valence-electron chi connectivity index (χ3n) is 21.1. The van der Waals surface area contributed by atoms with E-state index < -0.39 is 188 Å². The van der Waals surface area contributed by atoms with Gasteiger partial charge >= 0.3 is 77.6 Å². The summed E-state index contributed by atoms with van der Waals surface area (Å²) in [7, 11) is 1.25. The highest BCUT2D eigenvalue weighted by molar-refractivity contribution is 5.99. The number of nitrogens with zero attached hydrogens (tertiary/aromatic N) is 2. The van der Waals surface area contributed by atoms with Crippen molar-refractivity contribution in [2.24, 2.45) is 0 Å². The lowest BCUT2D eigenvalue weighted by atomic mass is 9.97. The number of aliphatic hydroxyl groups is 2. The first-order chi connectivity index (χ1) is 62.9. The number of amides is 1. The molecule has 5 aliphatic heterocycles. The minimum atomic E-state index is -1.80. The Morgan fingerprint density at radius 2 is 0.576 bits per heavy atom. The van der Waals surface area contributed by atoms with E-state index in [4.69, 9.17) is 85.8 Å². The molecular formula is C92H98N8O32. The fraction of sp³-hybridized carbons (Fsp3) is 0.391. The second-order valence-electron chi connectivity index (χ2n) is 31.1. The van der Waals surface area contributed by atoms with Gasteiger partial charge in [-0.3, -0.25) is 72.1 Å². The molecule has 0 saturated carbocycles. The van der Waals surface area contributed by atoms with Gasteiger partial charge in [0, 0.05) is 183 Å². The van der Waals surface area contributed by atoms with E-state index in [2.05, 4.69) is 31.2 Å². The highest BCUT2D eigenvalue weighted by Gasteiger charge is 2.57. The molecule has 7 aromatic rings. The Labute approximate surface area is 753 Å². The SMILES string of the molecule is COC(=O)CCCC(=O)Nc1ccc(-c2c3nc(c(-c4ccc(NC[C@H]5O[C@@H](OC(C)=O)[C@H](OC(C)=O)[C@@H](OC(C)=O)[C@@H]5OC(C)=O)cc4)c4ccc([nH]4)c(-c4ccc(NC[C@H]5O[C@@H](OC(C)=O)[C@H](OC(C)=O)[C@@H](OC(C)=O)[C@@H]5OC(C)=O)cc4)c4nc(c(-c5ccc(NC[C@H]6O[C@@H](OC(C)=O)[C@H](OC(C)=O)[C@@H](OC(C)=O)[C@@H]6OC(C)=O)cc5)c5ccc2[nH]5)C=C4)C(O)C3O)cc1. The largest absolute Gasteiger partial charge is 0.469 e. The van der Waals surface area contributed by atoms with Crippen LogP contribution in [-0.4, -0.2) is 233 Å². The normalized spacial score (nSPS) is 22.9. The molecule has 3 saturated heterocycles. The summed E-state index contributed by atoms with van der Waals surface area (Å²) in [5.41, 5.74) is 7.16. The molecule has 40 heteroatoms. The molecule has 8 N–H and O–H groups in total. The van der Waals surface area contributed by atoms with Gasteiger partial charge in [-0.1, -0.05) is 48.5 Å². The van der Waals surface area contributed by atoms with Crippen LogP contribution in [0.3, 0.4) is 0 Å². The molecule has 132 heavy (non-hydrogen) atoms. The summed E-state index contributed by atoms with van der Waals surface area (Å²) in [6.07, 6.45) is -22.2. The molecule has 8 bridgehead atoms. The van der Waals surface area contributed by atoms with Crippen LogP contribution in [0, 0.1) is 0 Å². The molecule has 1 amide bonds. The van der Waals surface area contributed by atoms with E-state index >= 15 is 0 Å². The molecule has 0 spiro atoms. The molecule has 0 radical (unpaired) electrons. The summed E-state index contributed by atoms with van der Waals surface area (Å²) in [4.78, 5) is 195. The second-order valence-corrected chi connectivity index (χ2v) is 31.1. The van der Waals surface area contributed by atoms with Crippen molar-refractivity contribution in [1.29, 1.82) is 0 Å². The molecule has 8 heterocycles. The summed E-state index contributed by atoms with van der Waals surface area (Å²) in [5, 5.41) is 38.5. The van der Waals surface area contributed by atoms with E-state index in [0.717, 1.165) is 83.1 Å². The molecule has 4 aromatic carbocycles. The van der Waals surface area contributed by atoms with Gasteiger partial charge < -0.3 is 117 Å². The van der Waals surface area contributed by atoms with Crippen molar-refractivity contribution in [1.82, 2.24) is 19.9 Å². The number of hydrogen-bond donors (Lipinski definition) is 8. The van der Waals surface area contributed by atoms with E-state index in [1.807, 2.05) is 0 Å². The van der Waals surface area contributed by atoms with Gasteiger partial charge in [0.15, 0.2) is 36.6 Å². The van der Waals surface area contributed by atoms with Crippen molar-refractivity contribution < 1.29 is 153 Å². The number of carbonyl (C=O) groups is 14. The Bertz CT molecular complexity index is 5760. The maximum atomic E-state index is 13.3. The Hall–Kier alpha value is -14.5. The molecule has 0 aliphatic carbocycles. The zero-order chi connectivity index (χ0) is 95.2. The first-order valence-electron chi connectivity index (χ1n) is 41.7. The molecule has 698 valence electrons. The Morgan fingerprint density at radius 3 is 0.856 bits per heavy atom. The minimum absolute atomic E-state index is 0.00512. The molecule has 2 unspecified atom stereocenters. The van der Waals surface area contributed by atoms with Crippen LogP contribution in [0.25, 0.3) is 78.7 Å². The average Bonchev–Trinajstić information content (AvgIpc) is 1.60. The lowest BCUT2D eigenvalue weighted by Gasteiger charge is -2.43. The zero-order valence-corrected chi connectivity index (χ0v) is 73.8. The van der Waals surface area contributed by atoms with Gasteiger partial charge in [-0.15, -0.1) is 0 Å². The number of H-pyrrole nitrogens is 2. The van der Waals surface area contributed by atoms with Crippen molar-refractivity contribution in [2.45, 2.75) is 207 Å². The summed E-state index contributed by atoms with van der Waals surface area (Å²) in [5.74, 6) is -11.1. The van der Waals surface area contributed by atoms with Crippen molar-refractivity contribution in [3.05, 3.63) is 144 Å². The zero-order valence-electron chi connectivity index (χ0n) is 73.8. The third-order valence-corrected chi connectivity index (χ3v) is 21.1. The summed E-state index contributed by atoms with van der Waals surface area (Å²) >= 11 is 0. The van der Waals surface area contributed by atoms with Crippen LogP contribution in [0.5, 0.6) is 0 Å². The van der Waals surface area contributed by atoms with Crippen molar-refractivity contribution in [3.8, 4) is 44.5 Å². The van der Waals surface area contributed by atoms with E-state index in [1.165, 1.54) is 7.11 Å². The van der Waals surface area contributed by atoms with Crippen LogP contribution in [-0.2, 0) is 143 Å². The number of aromatic nitrogens is 4. The number of aliphatic hydroxyl groups excluding tert-OH is 2. The predicted octanol–water partition coefficient (Wildman–Crippen LogP) is 8.69. The predicted molar refractivity (Wildman–Crippen MR) is 463 cm³/mol. The molecule has 40 nitrogen and oxygen atoms in total. The number of benzene rings is 4. The molecular weight excluding hydrogens is 1730 g/mol. The Morgan fingerprint density at radius 1 is 0.318 bits per heavy atom. The van der Waals surface area contributed by atoms with Gasteiger partial charge in [-0.05, 0) is 114 Å². The topological polar surface area (TPSA) is 533 Å². The van der Waals surface area contributed by atoms with Gasteiger partial charge in [0.05, 0.1) is 29.9 Å². The maximum Gasteiger partial charge on any atom is 0.305 e. The summed E-state index contributed by atoms with van der Waals surface area (Å²) in [6, 6.07) is 34.3. The molecule has 12 rings (SSSR count). The number of aromatic amines is 2. The lowest BCUT2D eigenvalue weighted by Crippen LogP contribution is -2.63.